The van der Waals surface area contributed by atoms with E-state index in [-0.39, 0.29) is 18.6 Å². The fourth-order valence-electron chi connectivity index (χ4n) is 1.31. The second kappa shape index (κ2) is 9.53. The molecule has 0 aromatic carbocycles. The maximum absolute atomic E-state index is 11.7. The number of carbonyl (C=O) groups is 1. The molecule has 0 aliphatic rings. The molecule has 0 unspecified atom stereocenters. The van der Waals surface area contributed by atoms with E-state index >= 15 is 0 Å². The summed E-state index contributed by atoms with van der Waals surface area (Å²) in [4.78, 5) is 11.7. The number of likely N-dealkylation sites (N-methyl/N-ethyl adjacent to an activating group) is 1. The molecule has 0 aromatic rings. The number of rotatable bonds is 9. The number of aliphatic hydroxyl groups is 1. The van der Waals surface area contributed by atoms with Crippen molar-refractivity contribution in [1.29, 1.82) is 0 Å². The van der Waals surface area contributed by atoms with Crippen molar-refractivity contribution in [3.05, 3.63) is 0 Å². The van der Waals surface area contributed by atoms with Crippen LogP contribution in [0.25, 0.3) is 0 Å². The number of nitrogens with two attached hydrogens (primary N) is 1. The van der Waals surface area contributed by atoms with E-state index in [0.29, 0.717) is 6.54 Å². The Morgan fingerprint density at radius 1 is 1.44 bits per heavy atom. The number of aliphatic hydroxyl groups excluding tert-OH is 1. The van der Waals surface area contributed by atoms with Crippen molar-refractivity contribution in [2.45, 2.75) is 24.9 Å². The molecule has 1 amide bonds. The third-order valence-corrected chi connectivity index (χ3v) is 2.36. The summed E-state index contributed by atoms with van der Waals surface area (Å²) >= 11 is 0. The molecule has 0 bridgehead atoms. The Morgan fingerprint density at radius 3 is 2.62 bits per heavy atom. The van der Waals surface area contributed by atoms with E-state index in [9.17, 15) is 4.79 Å². The van der Waals surface area contributed by atoms with Gasteiger partial charge in [-0.2, -0.15) is 0 Å². The number of amides is 1. The maximum atomic E-state index is 11.7. The molecular weight excluding hydrogens is 208 g/mol. The predicted octanol–water partition coefficient (Wildman–Crippen LogP) is -1.99. The molecule has 0 radical (unpaired) electrons. The van der Waals surface area contributed by atoms with Crippen molar-refractivity contribution in [2.24, 2.45) is 5.73 Å². The van der Waals surface area contributed by atoms with Crippen LogP contribution < -0.4 is 21.7 Å². The van der Waals surface area contributed by atoms with Crippen molar-refractivity contribution in [3.63, 3.8) is 0 Å². The normalized spacial score (nSPS) is 14.5. The Hall–Kier alpha value is -0.690. The van der Waals surface area contributed by atoms with Crippen LogP contribution in [0.4, 0.5) is 0 Å². The van der Waals surface area contributed by atoms with Crippen LogP contribution in [-0.4, -0.2) is 56.9 Å². The topological polar surface area (TPSA) is 99.4 Å². The SMILES string of the molecule is CNCCC[C@H](NC)C(=O)NC[C@H](N)CO. The molecule has 0 aliphatic carbocycles. The van der Waals surface area contributed by atoms with Crippen LogP contribution in [0, 0.1) is 0 Å². The molecule has 0 saturated heterocycles. The number of hydrogen-bond acceptors (Lipinski definition) is 5. The molecule has 2 atom stereocenters. The minimum Gasteiger partial charge on any atom is -0.395 e. The molecule has 0 aliphatic heterocycles. The third kappa shape index (κ3) is 6.73. The summed E-state index contributed by atoms with van der Waals surface area (Å²) in [7, 11) is 3.64. The number of nitrogens with one attached hydrogen (secondary N) is 3. The molecule has 0 fully saturated rings. The first-order valence-electron chi connectivity index (χ1n) is 5.61. The molecule has 16 heavy (non-hydrogen) atoms. The van der Waals surface area contributed by atoms with Crippen molar-refractivity contribution in [2.75, 3.05) is 33.8 Å². The molecule has 6 N–H and O–H groups in total. The highest BCUT2D eigenvalue weighted by molar-refractivity contribution is 5.81. The van der Waals surface area contributed by atoms with E-state index in [1.165, 1.54) is 0 Å². The molecule has 0 heterocycles. The van der Waals surface area contributed by atoms with Crippen LogP contribution in [0.5, 0.6) is 0 Å². The summed E-state index contributed by atoms with van der Waals surface area (Å²) in [6, 6.07) is -0.585. The van der Waals surface area contributed by atoms with Crippen LogP contribution in [0.2, 0.25) is 0 Å². The van der Waals surface area contributed by atoms with Crippen LogP contribution in [-0.2, 0) is 4.79 Å². The van der Waals surface area contributed by atoms with Gasteiger partial charge < -0.3 is 26.8 Å². The first kappa shape index (κ1) is 15.3. The van der Waals surface area contributed by atoms with E-state index in [4.69, 9.17) is 10.8 Å². The molecular formula is C10H24N4O2. The van der Waals surface area contributed by atoms with Gasteiger partial charge in [0.25, 0.3) is 0 Å². The molecule has 0 aromatic heterocycles. The standard InChI is InChI=1S/C10H24N4O2/c1-12-5-3-4-9(13-2)10(16)14-6-8(11)7-15/h8-9,12-13,15H,3-7,11H2,1-2H3,(H,14,16)/t8-,9-/m0/s1. The minimum absolute atomic E-state index is 0.0671. The Kier molecular flexibility index (Phi) is 9.12. The summed E-state index contributed by atoms with van der Waals surface area (Å²) < 4.78 is 0. The zero-order valence-corrected chi connectivity index (χ0v) is 10.1. The van der Waals surface area contributed by atoms with E-state index in [2.05, 4.69) is 16.0 Å². The van der Waals surface area contributed by atoms with Gasteiger partial charge in [-0.25, -0.2) is 0 Å². The summed E-state index contributed by atoms with van der Waals surface area (Å²) in [6.07, 6.45) is 1.71. The van der Waals surface area contributed by atoms with Crippen LogP contribution in [0.1, 0.15) is 12.8 Å². The molecule has 6 heteroatoms. The Morgan fingerprint density at radius 2 is 2.12 bits per heavy atom. The third-order valence-electron chi connectivity index (χ3n) is 2.36. The van der Waals surface area contributed by atoms with E-state index in [1.54, 1.807) is 7.05 Å². The van der Waals surface area contributed by atoms with E-state index in [1.807, 2.05) is 7.05 Å². The van der Waals surface area contributed by atoms with Gasteiger partial charge in [-0.3, -0.25) is 4.79 Å². The fraction of sp³-hybridized carbons (Fsp3) is 0.900. The molecule has 0 saturated carbocycles. The van der Waals surface area contributed by atoms with Gasteiger partial charge in [0.2, 0.25) is 5.91 Å². The lowest BCUT2D eigenvalue weighted by Gasteiger charge is -2.17. The van der Waals surface area contributed by atoms with Crippen LogP contribution >= 0.6 is 0 Å². The predicted molar refractivity (Wildman–Crippen MR) is 64.1 cm³/mol. The van der Waals surface area contributed by atoms with E-state index in [0.717, 1.165) is 19.4 Å². The highest BCUT2D eigenvalue weighted by Crippen LogP contribution is 1.96. The monoisotopic (exact) mass is 232 g/mol. The van der Waals surface area contributed by atoms with Gasteiger partial charge >= 0.3 is 0 Å². The summed E-state index contributed by atoms with van der Waals surface area (Å²) in [5.74, 6) is -0.0671. The second-order valence-corrected chi connectivity index (χ2v) is 3.77. The lowest BCUT2D eigenvalue weighted by molar-refractivity contribution is -0.123. The van der Waals surface area contributed by atoms with Crippen LogP contribution in [0.15, 0.2) is 0 Å². The van der Waals surface area contributed by atoms with Crippen molar-refractivity contribution >= 4 is 5.91 Å². The van der Waals surface area contributed by atoms with Gasteiger partial charge in [0.15, 0.2) is 0 Å². The Balaban J connectivity index is 3.82. The van der Waals surface area contributed by atoms with Gasteiger partial charge in [0.1, 0.15) is 0 Å². The van der Waals surface area contributed by atoms with Crippen molar-refractivity contribution < 1.29 is 9.90 Å². The smallest absolute Gasteiger partial charge is 0.237 e. The van der Waals surface area contributed by atoms with E-state index < -0.39 is 6.04 Å². The molecule has 6 nitrogen and oxygen atoms in total. The average molecular weight is 232 g/mol. The quantitative estimate of drug-likeness (QED) is 0.296. The first-order chi connectivity index (χ1) is 7.65. The average Bonchev–Trinajstić information content (AvgIpc) is 2.31. The highest BCUT2D eigenvalue weighted by atomic mass is 16.3. The van der Waals surface area contributed by atoms with Gasteiger partial charge in [-0.1, -0.05) is 0 Å². The zero-order valence-electron chi connectivity index (χ0n) is 10.1. The first-order valence-corrected chi connectivity index (χ1v) is 5.61. The number of hydrogen-bond donors (Lipinski definition) is 5. The van der Waals surface area contributed by atoms with Gasteiger partial charge in [-0.05, 0) is 33.5 Å². The minimum atomic E-state index is -0.390. The van der Waals surface area contributed by atoms with Gasteiger partial charge in [-0.15, -0.1) is 0 Å². The zero-order chi connectivity index (χ0) is 12.4. The summed E-state index contributed by atoms with van der Waals surface area (Å²) in [5.41, 5.74) is 5.49. The lowest BCUT2D eigenvalue weighted by Crippen LogP contribution is -2.47. The maximum Gasteiger partial charge on any atom is 0.237 e. The lowest BCUT2D eigenvalue weighted by atomic mass is 10.1. The van der Waals surface area contributed by atoms with Crippen molar-refractivity contribution in [3.8, 4) is 0 Å². The van der Waals surface area contributed by atoms with Crippen LogP contribution in [0.3, 0.4) is 0 Å². The summed E-state index contributed by atoms with van der Waals surface area (Å²) in [5, 5.41) is 17.4. The van der Waals surface area contributed by atoms with Crippen molar-refractivity contribution in [1.82, 2.24) is 16.0 Å². The number of carbonyl (C=O) groups excluding carboxylic acids is 1. The Labute approximate surface area is 97.0 Å². The largest absolute Gasteiger partial charge is 0.395 e. The fourth-order valence-corrected chi connectivity index (χ4v) is 1.31. The second-order valence-electron chi connectivity index (χ2n) is 3.77. The Bertz CT molecular complexity index is 190. The van der Waals surface area contributed by atoms with Gasteiger partial charge in [0.05, 0.1) is 12.6 Å². The highest BCUT2D eigenvalue weighted by Gasteiger charge is 2.15. The molecule has 96 valence electrons. The van der Waals surface area contributed by atoms with Gasteiger partial charge in [0, 0.05) is 12.6 Å². The summed E-state index contributed by atoms with van der Waals surface area (Å²) in [6.45, 7) is 1.07. The molecule has 0 rings (SSSR count). The molecule has 0 spiro atoms.